The van der Waals surface area contributed by atoms with Crippen LogP contribution in [0.3, 0.4) is 0 Å². The molecule has 0 radical (unpaired) electrons. The SMILES string of the molecule is CCOc1ccc(C(=O)N2CCCN(C(=O)c3cc[nH]c3)CC2)cc1C. The van der Waals surface area contributed by atoms with Gasteiger partial charge in [0.25, 0.3) is 11.8 Å². The first-order valence-corrected chi connectivity index (χ1v) is 9.05. The van der Waals surface area contributed by atoms with E-state index in [0.717, 1.165) is 17.7 Å². The number of hydrogen-bond acceptors (Lipinski definition) is 3. The minimum Gasteiger partial charge on any atom is -0.494 e. The quantitative estimate of drug-likeness (QED) is 0.917. The highest BCUT2D eigenvalue weighted by Gasteiger charge is 2.24. The first-order chi connectivity index (χ1) is 12.6. The van der Waals surface area contributed by atoms with Gasteiger partial charge in [0.1, 0.15) is 5.75 Å². The van der Waals surface area contributed by atoms with Crippen LogP contribution in [0.2, 0.25) is 0 Å². The van der Waals surface area contributed by atoms with Crippen molar-refractivity contribution < 1.29 is 14.3 Å². The number of ether oxygens (including phenoxy) is 1. The third-order valence-electron chi connectivity index (χ3n) is 4.64. The molecule has 2 amide bonds. The van der Waals surface area contributed by atoms with Gasteiger partial charge in [-0.1, -0.05) is 0 Å². The van der Waals surface area contributed by atoms with Crippen molar-refractivity contribution in [1.82, 2.24) is 14.8 Å². The fourth-order valence-corrected chi connectivity index (χ4v) is 3.25. The molecular weight excluding hydrogens is 330 g/mol. The van der Waals surface area contributed by atoms with Crippen LogP contribution in [0.15, 0.2) is 36.7 Å². The van der Waals surface area contributed by atoms with E-state index in [1.807, 2.05) is 41.8 Å². The van der Waals surface area contributed by atoms with Crippen LogP contribution in [-0.4, -0.2) is 59.4 Å². The van der Waals surface area contributed by atoms with Crippen molar-refractivity contribution >= 4 is 11.8 Å². The lowest BCUT2D eigenvalue weighted by Crippen LogP contribution is -2.37. The van der Waals surface area contributed by atoms with Crippen molar-refractivity contribution in [2.75, 3.05) is 32.8 Å². The minimum atomic E-state index is 0.00657. The molecule has 0 spiro atoms. The molecular formula is C20H25N3O3. The van der Waals surface area contributed by atoms with E-state index in [9.17, 15) is 9.59 Å². The molecule has 1 fully saturated rings. The molecule has 26 heavy (non-hydrogen) atoms. The smallest absolute Gasteiger partial charge is 0.255 e. The van der Waals surface area contributed by atoms with Crippen molar-refractivity contribution in [1.29, 1.82) is 0 Å². The summed E-state index contributed by atoms with van der Waals surface area (Å²) in [4.78, 5) is 31.9. The fraction of sp³-hybridized carbons (Fsp3) is 0.400. The normalized spacial score (nSPS) is 14.8. The molecule has 2 heterocycles. The van der Waals surface area contributed by atoms with E-state index in [4.69, 9.17) is 4.74 Å². The standard InChI is InChI=1S/C20H25N3O3/c1-3-26-18-6-5-16(13-15(18)2)19(24)22-9-4-10-23(12-11-22)20(25)17-7-8-21-14-17/h5-8,13-14,21H,3-4,9-12H2,1-2H3. The van der Waals surface area contributed by atoms with Crippen LogP contribution in [0.4, 0.5) is 0 Å². The number of nitrogens with zero attached hydrogens (tertiary/aromatic N) is 2. The third kappa shape index (κ3) is 3.90. The van der Waals surface area contributed by atoms with Gasteiger partial charge in [-0.2, -0.15) is 0 Å². The Bertz CT molecular complexity index is 771. The monoisotopic (exact) mass is 355 g/mol. The average molecular weight is 355 g/mol. The molecule has 1 saturated heterocycles. The molecule has 0 unspecified atom stereocenters. The van der Waals surface area contributed by atoms with Crippen LogP contribution in [0.5, 0.6) is 5.75 Å². The van der Waals surface area contributed by atoms with Gasteiger partial charge >= 0.3 is 0 Å². The molecule has 1 aromatic heterocycles. The van der Waals surface area contributed by atoms with Gasteiger partial charge < -0.3 is 19.5 Å². The van der Waals surface area contributed by atoms with Gasteiger partial charge in [-0.05, 0) is 50.1 Å². The lowest BCUT2D eigenvalue weighted by molar-refractivity contribution is 0.0719. The van der Waals surface area contributed by atoms with Crippen molar-refractivity contribution in [2.45, 2.75) is 20.3 Å². The van der Waals surface area contributed by atoms with Crippen LogP contribution in [0.1, 0.15) is 39.6 Å². The fourth-order valence-electron chi connectivity index (χ4n) is 3.25. The van der Waals surface area contributed by atoms with Crippen LogP contribution >= 0.6 is 0 Å². The van der Waals surface area contributed by atoms with E-state index in [2.05, 4.69) is 4.98 Å². The van der Waals surface area contributed by atoms with Gasteiger partial charge in [-0.15, -0.1) is 0 Å². The Morgan fingerprint density at radius 1 is 1.04 bits per heavy atom. The zero-order valence-electron chi connectivity index (χ0n) is 15.3. The number of aryl methyl sites for hydroxylation is 1. The Labute approximate surface area is 153 Å². The van der Waals surface area contributed by atoms with E-state index in [1.54, 1.807) is 18.5 Å². The van der Waals surface area contributed by atoms with Gasteiger partial charge in [0.05, 0.1) is 12.2 Å². The first-order valence-electron chi connectivity index (χ1n) is 9.05. The molecule has 0 aliphatic carbocycles. The number of amides is 2. The molecule has 2 aromatic rings. The second-order valence-corrected chi connectivity index (χ2v) is 6.45. The maximum Gasteiger partial charge on any atom is 0.255 e. The molecule has 3 rings (SSSR count). The van der Waals surface area contributed by atoms with Crippen LogP contribution in [0.25, 0.3) is 0 Å². The predicted octanol–water partition coefficient (Wildman–Crippen LogP) is 2.71. The Kier molecular flexibility index (Phi) is 5.61. The number of carbonyl (C=O) groups is 2. The van der Waals surface area contributed by atoms with Crippen LogP contribution in [-0.2, 0) is 0 Å². The lowest BCUT2D eigenvalue weighted by atomic mass is 10.1. The Morgan fingerprint density at radius 3 is 2.31 bits per heavy atom. The van der Waals surface area contributed by atoms with Crippen molar-refractivity contribution in [2.24, 2.45) is 0 Å². The number of carbonyl (C=O) groups excluding carboxylic acids is 2. The summed E-state index contributed by atoms with van der Waals surface area (Å²) in [6.07, 6.45) is 4.23. The highest BCUT2D eigenvalue weighted by Crippen LogP contribution is 2.20. The molecule has 1 aliphatic heterocycles. The summed E-state index contributed by atoms with van der Waals surface area (Å²) in [6.45, 7) is 6.90. The third-order valence-corrected chi connectivity index (χ3v) is 4.64. The van der Waals surface area contributed by atoms with E-state index in [0.29, 0.717) is 43.9 Å². The number of H-pyrrole nitrogens is 1. The molecule has 6 heteroatoms. The molecule has 138 valence electrons. The topological polar surface area (TPSA) is 65.6 Å². The van der Waals surface area contributed by atoms with Crippen molar-refractivity contribution in [3.63, 3.8) is 0 Å². The van der Waals surface area contributed by atoms with E-state index in [-0.39, 0.29) is 11.8 Å². The molecule has 6 nitrogen and oxygen atoms in total. The number of rotatable bonds is 4. The number of aromatic amines is 1. The number of hydrogen-bond donors (Lipinski definition) is 1. The second kappa shape index (κ2) is 8.08. The summed E-state index contributed by atoms with van der Waals surface area (Å²) in [5, 5.41) is 0. The number of benzene rings is 1. The van der Waals surface area contributed by atoms with Gasteiger partial charge in [0.2, 0.25) is 0 Å². The zero-order valence-corrected chi connectivity index (χ0v) is 15.3. The summed E-state index contributed by atoms with van der Waals surface area (Å²) in [7, 11) is 0. The summed E-state index contributed by atoms with van der Waals surface area (Å²) in [5.41, 5.74) is 2.28. The summed E-state index contributed by atoms with van der Waals surface area (Å²) >= 11 is 0. The molecule has 0 atom stereocenters. The molecule has 1 aliphatic rings. The maximum atomic E-state index is 12.9. The van der Waals surface area contributed by atoms with Gasteiger partial charge in [0.15, 0.2) is 0 Å². The number of nitrogens with one attached hydrogen (secondary N) is 1. The highest BCUT2D eigenvalue weighted by molar-refractivity contribution is 5.95. The van der Waals surface area contributed by atoms with Gasteiger partial charge in [-0.3, -0.25) is 9.59 Å². The Morgan fingerprint density at radius 2 is 1.73 bits per heavy atom. The summed E-state index contributed by atoms with van der Waals surface area (Å²) < 4.78 is 5.54. The van der Waals surface area contributed by atoms with E-state index in [1.165, 1.54) is 0 Å². The zero-order chi connectivity index (χ0) is 18.5. The maximum absolute atomic E-state index is 12.9. The Balaban J connectivity index is 1.66. The van der Waals surface area contributed by atoms with Gasteiger partial charge in [0, 0.05) is 44.1 Å². The van der Waals surface area contributed by atoms with Crippen LogP contribution < -0.4 is 4.74 Å². The molecule has 0 bridgehead atoms. The highest BCUT2D eigenvalue weighted by atomic mass is 16.5. The van der Waals surface area contributed by atoms with Crippen LogP contribution in [0, 0.1) is 6.92 Å². The van der Waals surface area contributed by atoms with E-state index >= 15 is 0 Å². The Hall–Kier alpha value is -2.76. The average Bonchev–Trinajstić information content (AvgIpc) is 3.07. The van der Waals surface area contributed by atoms with Crippen molar-refractivity contribution in [3.05, 3.63) is 53.3 Å². The minimum absolute atomic E-state index is 0.00657. The summed E-state index contributed by atoms with van der Waals surface area (Å²) in [6, 6.07) is 7.32. The van der Waals surface area contributed by atoms with Crippen molar-refractivity contribution in [3.8, 4) is 5.75 Å². The molecule has 1 N–H and O–H groups in total. The largest absolute Gasteiger partial charge is 0.494 e. The summed E-state index contributed by atoms with van der Waals surface area (Å²) in [5.74, 6) is 0.827. The van der Waals surface area contributed by atoms with E-state index < -0.39 is 0 Å². The number of aromatic nitrogens is 1. The molecule has 0 saturated carbocycles. The molecule has 1 aromatic carbocycles. The predicted molar refractivity (Wildman–Crippen MR) is 99.6 cm³/mol. The van der Waals surface area contributed by atoms with Gasteiger partial charge in [-0.25, -0.2) is 0 Å². The first kappa shape index (κ1) is 18.0. The lowest BCUT2D eigenvalue weighted by Gasteiger charge is -2.22. The second-order valence-electron chi connectivity index (χ2n) is 6.45.